The molecule has 0 unspecified atom stereocenters. The largest absolute Gasteiger partial charge is 0.374 e. The molecule has 7 heteroatoms. The summed E-state index contributed by atoms with van der Waals surface area (Å²) < 4.78 is 36.8. The monoisotopic (exact) mass is 326 g/mol. The van der Waals surface area contributed by atoms with Crippen LogP contribution < -0.4 is 0 Å². The number of nitrogens with zero attached hydrogens (tertiary/aromatic N) is 2. The molecule has 0 aliphatic carbocycles. The van der Waals surface area contributed by atoms with Crippen LogP contribution in [0.4, 0.5) is 0 Å². The van der Waals surface area contributed by atoms with Gasteiger partial charge in [0.2, 0.25) is 10.0 Å². The molecule has 2 aliphatic heterocycles. The van der Waals surface area contributed by atoms with Crippen LogP contribution in [0.15, 0.2) is 24.5 Å². The second-order valence-electron chi connectivity index (χ2n) is 5.97. The SMILES string of the molecule is CS(=O)(=O)N1CC[C@@H]2O[C@@H](COCc3ccncc3)CC[C@@H]21. The normalized spacial score (nSPS) is 29.4. The van der Waals surface area contributed by atoms with Crippen LogP contribution in [0, 0.1) is 0 Å². The highest BCUT2D eigenvalue weighted by Gasteiger charge is 2.43. The summed E-state index contributed by atoms with van der Waals surface area (Å²) in [5.74, 6) is 0. The van der Waals surface area contributed by atoms with E-state index in [9.17, 15) is 8.42 Å². The molecule has 2 aliphatic rings. The second kappa shape index (κ2) is 6.62. The van der Waals surface area contributed by atoms with E-state index >= 15 is 0 Å². The van der Waals surface area contributed by atoms with Crippen molar-refractivity contribution >= 4 is 10.0 Å². The van der Waals surface area contributed by atoms with E-state index in [2.05, 4.69) is 4.98 Å². The lowest BCUT2D eigenvalue weighted by Gasteiger charge is -2.35. The minimum atomic E-state index is -3.13. The summed E-state index contributed by atoms with van der Waals surface area (Å²) in [4.78, 5) is 3.97. The fraction of sp³-hybridized carbons (Fsp3) is 0.667. The van der Waals surface area contributed by atoms with Crippen molar-refractivity contribution in [3.8, 4) is 0 Å². The van der Waals surface area contributed by atoms with Gasteiger partial charge in [0.15, 0.2) is 0 Å². The molecular formula is C15H22N2O4S. The molecule has 0 amide bonds. The van der Waals surface area contributed by atoms with E-state index in [1.807, 2.05) is 12.1 Å². The van der Waals surface area contributed by atoms with Crippen LogP contribution in [-0.2, 0) is 26.1 Å². The molecule has 2 saturated heterocycles. The van der Waals surface area contributed by atoms with Gasteiger partial charge in [0.05, 0.1) is 37.7 Å². The average Bonchev–Trinajstić information content (AvgIpc) is 2.91. The maximum atomic E-state index is 11.7. The van der Waals surface area contributed by atoms with E-state index in [0.717, 1.165) is 24.8 Å². The molecule has 3 heterocycles. The molecule has 122 valence electrons. The van der Waals surface area contributed by atoms with Gasteiger partial charge >= 0.3 is 0 Å². The molecule has 3 rings (SSSR count). The maximum absolute atomic E-state index is 11.7. The molecular weight excluding hydrogens is 304 g/mol. The lowest BCUT2D eigenvalue weighted by molar-refractivity contribution is -0.0961. The maximum Gasteiger partial charge on any atom is 0.211 e. The first-order valence-electron chi connectivity index (χ1n) is 7.63. The van der Waals surface area contributed by atoms with Gasteiger partial charge in [-0.3, -0.25) is 4.98 Å². The molecule has 0 saturated carbocycles. The van der Waals surface area contributed by atoms with Crippen LogP contribution in [0.1, 0.15) is 24.8 Å². The van der Waals surface area contributed by atoms with Crippen LogP contribution in [0.25, 0.3) is 0 Å². The van der Waals surface area contributed by atoms with E-state index in [1.165, 1.54) is 6.26 Å². The van der Waals surface area contributed by atoms with Crippen molar-refractivity contribution in [2.24, 2.45) is 0 Å². The van der Waals surface area contributed by atoms with Crippen molar-refractivity contribution in [3.63, 3.8) is 0 Å². The number of fused-ring (bicyclic) bond motifs is 1. The summed E-state index contributed by atoms with van der Waals surface area (Å²) in [6.45, 7) is 1.66. The van der Waals surface area contributed by atoms with Crippen LogP contribution in [0.3, 0.4) is 0 Å². The molecule has 0 aromatic carbocycles. The number of hydrogen-bond donors (Lipinski definition) is 0. The van der Waals surface area contributed by atoms with E-state index in [-0.39, 0.29) is 18.2 Å². The molecule has 1 aromatic rings. The Bertz CT molecular complexity index is 593. The third-order valence-electron chi connectivity index (χ3n) is 4.33. The minimum Gasteiger partial charge on any atom is -0.374 e. The van der Waals surface area contributed by atoms with Crippen LogP contribution in [-0.4, -0.2) is 55.4 Å². The molecule has 6 nitrogen and oxygen atoms in total. The molecule has 0 radical (unpaired) electrons. The zero-order valence-electron chi connectivity index (χ0n) is 12.7. The first kappa shape index (κ1) is 15.9. The molecule has 0 bridgehead atoms. The molecule has 0 N–H and O–H groups in total. The van der Waals surface area contributed by atoms with Crippen molar-refractivity contribution in [1.82, 2.24) is 9.29 Å². The Kier molecular flexibility index (Phi) is 4.77. The third-order valence-corrected chi connectivity index (χ3v) is 5.64. The highest BCUT2D eigenvalue weighted by Crippen LogP contribution is 2.33. The zero-order chi connectivity index (χ0) is 15.6. The van der Waals surface area contributed by atoms with Gasteiger partial charge in [-0.15, -0.1) is 0 Å². The van der Waals surface area contributed by atoms with E-state index in [4.69, 9.17) is 9.47 Å². The molecule has 1 aromatic heterocycles. The Morgan fingerprint density at radius 2 is 2.09 bits per heavy atom. The first-order chi connectivity index (χ1) is 10.5. The molecule has 3 atom stereocenters. The summed E-state index contributed by atoms with van der Waals surface area (Å²) in [7, 11) is -3.13. The van der Waals surface area contributed by atoms with Crippen molar-refractivity contribution in [3.05, 3.63) is 30.1 Å². The fourth-order valence-electron chi connectivity index (χ4n) is 3.28. The second-order valence-corrected chi connectivity index (χ2v) is 7.91. The van der Waals surface area contributed by atoms with Gasteiger partial charge in [0, 0.05) is 18.9 Å². The van der Waals surface area contributed by atoms with E-state index in [1.54, 1.807) is 16.7 Å². The number of sulfonamides is 1. The van der Waals surface area contributed by atoms with Gasteiger partial charge in [0.25, 0.3) is 0 Å². The third kappa shape index (κ3) is 3.65. The van der Waals surface area contributed by atoms with Gasteiger partial charge < -0.3 is 9.47 Å². The number of aromatic nitrogens is 1. The van der Waals surface area contributed by atoms with Crippen molar-refractivity contribution in [2.45, 2.75) is 44.1 Å². The lowest BCUT2D eigenvalue weighted by atomic mass is 10.0. The summed E-state index contributed by atoms with van der Waals surface area (Å²) in [5, 5.41) is 0. The smallest absolute Gasteiger partial charge is 0.211 e. The molecule has 2 fully saturated rings. The van der Waals surface area contributed by atoms with Gasteiger partial charge in [-0.25, -0.2) is 8.42 Å². The first-order valence-corrected chi connectivity index (χ1v) is 9.48. The summed E-state index contributed by atoms with van der Waals surface area (Å²) in [5.41, 5.74) is 1.09. The number of ether oxygens (including phenoxy) is 2. The highest BCUT2D eigenvalue weighted by molar-refractivity contribution is 7.88. The minimum absolute atomic E-state index is 0.00597. The van der Waals surface area contributed by atoms with Crippen molar-refractivity contribution in [2.75, 3.05) is 19.4 Å². The number of pyridine rings is 1. The average molecular weight is 326 g/mol. The number of rotatable bonds is 5. The Morgan fingerprint density at radius 3 is 2.82 bits per heavy atom. The quantitative estimate of drug-likeness (QED) is 0.813. The van der Waals surface area contributed by atoms with E-state index < -0.39 is 10.0 Å². The van der Waals surface area contributed by atoms with Gasteiger partial charge in [-0.1, -0.05) is 0 Å². The van der Waals surface area contributed by atoms with Gasteiger partial charge in [0.1, 0.15) is 0 Å². The van der Waals surface area contributed by atoms with Gasteiger partial charge in [-0.05, 0) is 37.0 Å². The zero-order valence-corrected chi connectivity index (χ0v) is 13.5. The summed E-state index contributed by atoms with van der Waals surface area (Å²) >= 11 is 0. The number of hydrogen-bond acceptors (Lipinski definition) is 5. The van der Waals surface area contributed by atoms with Gasteiger partial charge in [-0.2, -0.15) is 4.31 Å². The Morgan fingerprint density at radius 1 is 1.32 bits per heavy atom. The molecule has 22 heavy (non-hydrogen) atoms. The summed E-state index contributed by atoms with van der Waals surface area (Å²) in [6.07, 6.45) is 7.31. The Labute approximate surface area is 131 Å². The van der Waals surface area contributed by atoms with Crippen LogP contribution in [0.2, 0.25) is 0 Å². The lowest BCUT2D eigenvalue weighted by Crippen LogP contribution is -2.45. The van der Waals surface area contributed by atoms with Crippen LogP contribution >= 0.6 is 0 Å². The fourth-order valence-corrected chi connectivity index (χ4v) is 4.45. The predicted molar refractivity (Wildman–Crippen MR) is 81.7 cm³/mol. The van der Waals surface area contributed by atoms with Crippen molar-refractivity contribution in [1.29, 1.82) is 0 Å². The standard InChI is InChI=1S/C15H22N2O4S/c1-22(18,19)17-9-6-15-14(17)3-2-13(21-15)11-20-10-12-4-7-16-8-5-12/h4-5,7-8,13-15H,2-3,6,9-11H2,1H3/t13-,14+,15+/m1/s1. The van der Waals surface area contributed by atoms with E-state index in [0.29, 0.717) is 19.8 Å². The summed E-state index contributed by atoms with van der Waals surface area (Å²) in [6, 6.07) is 3.86. The topological polar surface area (TPSA) is 68.7 Å². The Balaban J connectivity index is 1.47. The van der Waals surface area contributed by atoms with Crippen molar-refractivity contribution < 1.29 is 17.9 Å². The predicted octanol–water partition coefficient (Wildman–Crippen LogP) is 1.18. The highest BCUT2D eigenvalue weighted by atomic mass is 32.2. The molecule has 0 spiro atoms. The van der Waals surface area contributed by atoms with Crippen LogP contribution in [0.5, 0.6) is 0 Å². The Hall–Kier alpha value is -1.02.